The molecule has 0 heterocycles. The maximum absolute atomic E-state index is 12.9. The average Bonchev–Trinajstić information content (AvgIpc) is 2.31. The van der Waals surface area contributed by atoms with Gasteiger partial charge in [0, 0.05) is 13.7 Å². The lowest BCUT2D eigenvalue weighted by atomic mass is 10.2. The molecule has 0 atom stereocenters. The van der Waals surface area contributed by atoms with Gasteiger partial charge in [0.05, 0.1) is 17.9 Å². The highest BCUT2D eigenvalue weighted by Crippen LogP contribution is 2.18. The molecular weight excluding hydrogens is 279 g/mol. The van der Waals surface area contributed by atoms with Crippen molar-refractivity contribution in [2.45, 2.75) is 0 Å². The minimum absolute atomic E-state index is 0.0232. The zero-order valence-electron chi connectivity index (χ0n) is 10.0. The molecule has 0 aromatic heterocycles. The fraction of sp³-hybridized carbons (Fsp3) is 0.300. The van der Waals surface area contributed by atoms with Crippen molar-refractivity contribution in [2.75, 3.05) is 25.0 Å². The lowest BCUT2D eigenvalue weighted by molar-refractivity contribution is 0.0697. The van der Waals surface area contributed by atoms with E-state index in [9.17, 15) is 17.6 Å². The average molecular weight is 292 g/mol. The van der Waals surface area contributed by atoms with Crippen LogP contribution in [0.25, 0.3) is 0 Å². The summed E-state index contributed by atoms with van der Waals surface area (Å²) in [6.07, 6.45) is 0. The summed E-state index contributed by atoms with van der Waals surface area (Å²) in [5.41, 5.74) is -0.698. The molecule has 0 unspecified atom stereocenters. The fourth-order valence-electron chi connectivity index (χ4n) is 1.24. The Bertz CT molecular complexity index is 561. The van der Waals surface area contributed by atoms with E-state index in [2.05, 4.69) is 9.46 Å². The second-order valence-corrected chi connectivity index (χ2v) is 4.99. The van der Waals surface area contributed by atoms with Crippen LogP contribution in [-0.4, -0.2) is 39.8 Å². The number of halogens is 1. The molecule has 0 saturated heterocycles. The van der Waals surface area contributed by atoms with Crippen LogP contribution in [0.4, 0.5) is 10.1 Å². The smallest absolute Gasteiger partial charge is 0.337 e. The van der Waals surface area contributed by atoms with Gasteiger partial charge in [-0.2, -0.15) is 13.1 Å². The molecule has 19 heavy (non-hydrogen) atoms. The minimum Gasteiger partial charge on any atom is -0.478 e. The van der Waals surface area contributed by atoms with Crippen LogP contribution in [0.1, 0.15) is 10.4 Å². The van der Waals surface area contributed by atoms with Gasteiger partial charge in [0.25, 0.3) is 10.2 Å². The molecule has 0 aliphatic rings. The predicted octanol–water partition coefficient (Wildman–Crippen LogP) is 0.417. The third kappa shape index (κ3) is 4.81. The first-order valence-electron chi connectivity index (χ1n) is 5.15. The molecule has 0 amide bonds. The second kappa shape index (κ2) is 6.45. The van der Waals surface area contributed by atoms with E-state index >= 15 is 0 Å². The van der Waals surface area contributed by atoms with Crippen molar-refractivity contribution in [1.82, 2.24) is 4.72 Å². The van der Waals surface area contributed by atoms with Gasteiger partial charge in [-0.15, -0.1) is 0 Å². The van der Waals surface area contributed by atoms with E-state index in [4.69, 9.17) is 5.11 Å². The van der Waals surface area contributed by atoms with Gasteiger partial charge < -0.3 is 9.84 Å². The van der Waals surface area contributed by atoms with Crippen LogP contribution in [0, 0.1) is 5.82 Å². The Morgan fingerprint density at radius 3 is 2.74 bits per heavy atom. The number of aromatic carboxylic acids is 1. The largest absolute Gasteiger partial charge is 0.478 e. The molecule has 0 aliphatic carbocycles. The highest BCUT2D eigenvalue weighted by Gasteiger charge is 2.16. The third-order valence-electron chi connectivity index (χ3n) is 2.05. The zero-order valence-corrected chi connectivity index (χ0v) is 10.8. The number of carboxylic acid groups (broad SMARTS) is 1. The first-order chi connectivity index (χ1) is 8.85. The molecule has 0 saturated carbocycles. The van der Waals surface area contributed by atoms with Crippen LogP contribution >= 0.6 is 0 Å². The van der Waals surface area contributed by atoms with Crippen molar-refractivity contribution in [2.24, 2.45) is 0 Å². The Morgan fingerprint density at radius 1 is 1.47 bits per heavy atom. The van der Waals surface area contributed by atoms with Crippen molar-refractivity contribution in [3.8, 4) is 0 Å². The number of nitrogens with one attached hydrogen (secondary N) is 2. The van der Waals surface area contributed by atoms with Crippen molar-refractivity contribution in [3.63, 3.8) is 0 Å². The molecule has 106 valence electrons. The van der Waals surface area contributed by atoms with Crippen molar-refractivity contribution >= 4 is 21.9 Å². The molecule has 3 N–H and O–H groups in total. The van der Waals surface area contributed by atoms with Crippen LogP contribution in [0.2, 0.25) is 0 Å². The van der Waals surface area contributed by atoms with E-state index in [1.165, 1.54) is 7.11 Å². The van der Waals surface area contributed by atoms with E-state index in [-0.39, 0.29) is 18.8 Å². The Hall–Kier alpha value is -1.71. The number of hydrogen-bond acceptors (Lipinski definition) is 4. The van der Waals surface area contributed by atoms with E-state index in [1.807, 2.05) is 4.72 Å². The van der Waals surface area contributed by atoms with Crippen molar-refractivity contribution in [1.29, 1.82) is 0 Å². The summed E-state index contributed by atoms with van der Waals surface area (Å²) in [4.78, 5) is 10.9. The number of anilines is 1. The SMILES string of the molecule is COCCNS(=O)(=O)Nc1ccc(F)cc1C(=O)O. The minimum atomic E-state index is -3.94. The summed E-state index contributed by atoms with van der Waals surface area (Å²) in [6, 6.07) is 2.73. The van der Waals surface area contributed by atoms with Gasteiger partial charge in [0.15, 0.2) is 0 Å². The fourth-order valence-corrected chi connectivity index (χ4v) is 2.13. The topological polar surface area (TPSA) is 105 Å². The zero-order chi connectivity index (χ0) is 14.5. The van der Waals surface area contributed by atoms with Gasteiger partial charge in [0.2, 0.25) is 0 Å². The predicted molar refractivity (Wildman–Crippen MR) is 65.8 cm³/mol. The van der Waals surface area contributed by atoms with Gasteiger partial charge >= 0.3 is 5.97 Å². The Kier molecular flexibility index (Phi) is 5.21. The molecule has 9 heteroatoms. The highest BCUT2D eigenvalue weighted by atomic mass is 32.2. The van der Waals surface area contributed by atoms with Crippen LogP contribution < -0.4 is 9.44 Å². The molecule has 0 bridgehead atoms. The third-order valence-corrected chi connectivity index (χ3v) is 3.13. The number of ether oxygens (including phenoxy) is 1. The van der Waals surface area contributed by atoms with Gasteiger partial charge in [0.1, 0.15) is 5.82 Å². The standard InChI is InChI=1S/C10H13FN2O5S/c1-18-5-4-12-19(16,17)13-9-3-2-7(11)6-8(9)10(14)15/h2-3,6,12-13H,4-5H2,1H3,(H,14,15). The molecule has 0 radical (unpaired) electrons. The number of benzene rings is 1. The molecular formula is C10H13FN2O5S. The van der Waals surface area contributed by atoms with Crippen LogP contribution in [0.3, 0.4) is 0 Å². The molecule has 1 aromatic rings. The summed E-state index contributed by atoms with van der Waals surface area (Å²) in [5, 5.41) is 8.86. The van der Waals surface area contributed by atoms with Crippen molar-refractivity contribution in [3.05, 3.63) is 29.6 Å². The van der Waals surface area contributed by atoms with Crippen LogP contribution in [-0.2, 0) is 14.9 Å². The van der Waals surface area contributed by atoms with E-state index in [0.717, 1.165) is 18.2 Å². The molecule has 0 fully saturated rings. The number of rotatable bonds is 7. The molecule has 0 aliphatic heterocycles. The quantitative estimate of drug-likeness (QED) is 0.632. The maximum Gasteiger partial charge on any atom is 0.337 e. The molecule has 1 rings (SSSR count). The van der Waals surface area contributed by atoms with Crippen molar-refractivity contribution < 1.29 is 27.4 Å². The number of methoxy groups -OCH3 is 1. The van der Waals surface area contributed by atoms with Gasteiger partial charge in [-0.05, 0) is 18.2 Å². The number of carbonyl (C=O) groups is 1. The molecule has 0 spiro atoms. The van der Waals surface area contributed by atoms with E-state index in [0.29, 0.717) is 0 Å². The van der Waals surface area contributed by atoms with Crippen LogP contribution in [0.15, 0.2) is 18.2 Å². The maximum atomic E-state index is 12.9. The Morgan fingerprint density at radius 2 is 2.16 bits per heavy atom. The van der Waals surface area contributed by atoms with E-state index in [1.54, 1.807) is 0 Å². The van der Waals surface area contributed by atoms with Gasteiger partial charge in [-0.3, -0.25) is 4.72 Å². The first kappa shape index (κ1) is 15.3. The highest BCUT2D eigenvalue weighted by molar-refractivity contribution is 7.90. The number of hydrogen-bond donors (Lipinski definition) is 3. The van der Waals surface area contributed by atoms with E-state index < -0.39 is 27.6 Å². The summed E-state index contributed by atoms with van der Waals surface area (Å²) < 4.78 is 44.9. The molecule has 7 nitrogen and oxygen atoms in total. The lowest BCUT2D eigenvalue weighted by Gasteiger charge is -2.11. The van der Waals surface area contributed by atoms with Gasteiger partial charge in [-0.1, -0.05) is 0 Å². The van der Waals surface area contributed by atoms with Crippen LogP contribution in [0.5, 0.6) is 0 Å². The normalized spacial score (nSPS) is 11.3. The Labute approximate surface area is 109 Å². The summed E-state index contributed by atoms with van der Waals surface area (Å²) in [5.74, 6) is -2.21. The lowest BCUT2D eigenvalue weighted by Crippen LogP contribution is -2.33. The monoisotopic (exact) mass is 292 g/mol. The second-order valence-electron chi connectivity index (χ2n) is 3.49. The first-order valence-corrected chi connectivity index (χ1v) is 6.63. The molecule has 1 aromatic carbocycles. The van der Waals surface area contributed by atoms with Gasteiger partial charge in [-0.25, -0.2) is 9.18 Å². The summed E-state index contributed by atoms with van der Waals surface area (Å²) in [7, 11) is -2.53. The number of carboxylic acids is 1. The summed E-state index contributed by atoms with van der Waals surface area (Å²) >= 11 is 0. The Balaban J connectivity index is 2.90. The summed E-state index contributed by atoms with van der Waals surface area (Å²) in [6.45, 7) is 0.186.